The van der Waals surface area contributed by atoms with Crippen LogP contribution in [-0.4, -0.2) is 51.0 Å². The first-order chi connectivity index (χ1) is 15.1. The van der Waals surface area contributed by atoms with Crippen molar-refractivity contribution in [3.63, 3.8) is 0 Å². The quantitative estimate of drug-likeness (QED) is 0.616. The van der Waals surface area contributed by atoms with Gasteiger partial charge in [-0.1, -0.05) is 0 Å². The molecule has 0 aromatic carbocycles. The van der Waals surface area contributed by atoms with Crippen molar-refractivity contribution in [3.05, 3.63) is 30.0 Å². The highest BCUT2D eigenvalue weighted by atomic mass is 16.6. The predicted molar refractivity (Wildman–Crippen MR) is 117 cm³/mol. The molecule has 1 amide bonds. The number of rotatable bonds is 6. The van der Waals surface area contributed by atoms with Crippen LogP contribution in [0.2, 0.25) is 0 Å². The summed E-state index contributed by atoms with van der Waals surface area (Å²) in [7, 11) is 1.49. The first-order valence-electron chi connectivity index (χ1n) is 10.8. The lowest BCUT2D eigenvalue weighted by Crippen LogP contribution is -2.42. The highest BCUT2D eigenvalue weighted by molar-refractivity contribution is 5.80. The Balaban J connectivity index is 1.74. The smallest absolute Gasteiger partial charge is 0.407 e. The number of carboxylic acid groups (broad SMARTS) is 1. The van der Waals surface area contributed by atoms with Gasteiger partial charge in [0.25, 0.3) is 0 Å². The number of hydrogen-bond donors (Lipinski definition) is 3. The SMILES string of the molecule is COc1ccc2nccc(C(O)C(C(=O)O)C3CCC(NC(=O)OC(C)(C)C)CC3)c2n1. The van der Waals surface area contributed by atoms with Gasteiger partial charge in [-0.15, -0.1) is 0 Å². The van der Waals surface area contributed by atoms with E-state index in [-0.39, 0.29) is 12.0 Å². The van der Waals surface area contributed by atoms with Gasteiger partial charge in [0, 0.05) is 23.9 Å². The van der Waals surface area contributed by atoms with Gasteiger partial charge in [0.15, 0.2) is 0 Å². The van der Waals surface area contributed by atoms with Gasteiger partial charge in [-0.25, -0.2) is 9.78 Å². The zero-order valence-electron chi connectivity index (χ0n) is 18.9. The molecule has 2 aromatic heterocycles. The standard InChI is InChI=1S/C23H31N3O6/c1-23(2,3)32-22(30)25-14-7-5-13(6-8-14)18(21(28)29)20(27)15-11-12-24-16-9-10-17(31-4)26-19(15)16/h9-14,18,20,27H,5-8H2,1-4H3,(H,25,30)(H,28,29). The van der Waals surface area contributed by atoms with Crippen molar-refractivity contribution in [1.82, 2.24) is 15.3 Å². The van der Waals surface area contributed by atoms with Crippen LogP contribution in [0, 0.1) is 11.8 Å². The molecule has 0 aliphatic heterocycles. The molecule has 3 rings (SSSR count). The predicted octanol–water partition coefficient (Wildman–Crippen LogP) is 3.46. The summed E-state index contributed by atoms with van der Waals surface area (Å²) in [5.74, 6) is -1.95. The van der Waals surface area contributed by atoms with E-state index in [4.69, 9.17) is 9.47 Å². The molecule has 1 fully saturated rings. The maximum absolute atomic E-state index is 12.2. The number of aromatic nitrogens is 2. The number of aliphatic carboxylic acids is 1. The number of carbonyl (C=O) groups excluding carboxylic acids is 1. The number of hydrogen-bond acceptors (Lipinski definition) is 7. The number of carbonyl (C=O) groups is 2. The number of carboxylic acids is 1. The molecule has 2 aromatic rings. The van der Waals surface area contributed by atoms with E-state index in [2.05, 4.69) is 15.3 Å². The Labute approximate surface area is 187 Å². The summed E-state index contributed by atoms with van der Waals surface area (Å²) in [5.41, 5.74) is 0.807. The summed E-state index contributed by atoms with van der Waals surface area (Å²) in [6.07, 6.45) is 2.17. The molecule has 0 bridgehead atoms. The minimum absolute atomic E-state index is 0.0830. The van der Waals surface area contributed by atoms with Crippen molar-refractivity contribution in [1.29, 1.82) is 0 Å². The number of aliphatic hydroxyl groups is 1. The minimum Gasteiger partial charge on any atom is -0.481 e. The normalized spacial score (nSPS) is 20.9. The monoisotopic (exact) mass is 445 g/mol. The average Bonchev–Trinajstić information content (AvgIpc) is 2.72. The molecule has 9 heteroatoms. The summed E-state index contributed by atoms with van der Waals surface area (Å²) in [5, 5.41) is 23.9. The molecule has 0 radical (unpaired) electrons. The van der Waals surface area contributed by atoms with Crippen LogP contribution in [0.3, 0.4) is 0 Å². The van der Waals surface area contributed by atoms with Crippen molar-refractivity contribution >= 4 is 23.1 Å². The number of pyridine rings is 2. The van der Waals surface area contributed by atoms with Crippen LogP contribution < -0.4 is 10.1 Å². The van der Waals surface area contributed by atoms with Crippen LogP contribution in [-0.2, 0) is 9.53 Å². The van der Waals surface area contributed by atoms with E-state index in [9.17, 15) is 19.8 Å². The summed E-state index contributed by atoms with van der Waals surface area (Å²) in [6, 6.07) is 4.91. The van der Waals surface area contributed by atoms with Crippen molar-refractivity contribution in [2.24, 2.45) is 11.8 Å². The lowest BCUT2D eigenvalue weighted by molar-refractivity contribution is -0.149. The zero-order valence-corrected chi connectivity index (χ0v) is 18.9. The molecule has 0 spiro atoms. The van der Waals surface area contributed by atoms with Crippen LogP contribution >= 0.6 is 0 Å². The van der Waals surface area contributed by atoms with Gasteiger partial charge in [0.05, 0.1) is 30.2 Å². The van der Waals surface area contributed by atoms with E-state index in [1.807, 2.05) is 0 Å². The molecule has 32 heavy (non-hydrogen) atoms. The maximum Gasteiger partial charge on any atom is 0.407 e. The zero-order chi connectivity index (χ0) is 23.5. The second-order valence-electron chi connectivity index (χ2n) is 9.19. The third-order valence-electron chi connectivity index (χ3n) is 5.74. The number of aliphatic hydroxyl groups excluding tert-OH is 1. The Morgan fingerprint density at radius 1 is 1.16 bits per heavy atom. The van der Waals surface area contributed by atoms with Gasteiger partial charge < -0.3 is 25.0 Å². The van der Waals surface area contributed by atoms with E-state index in [1.54, 1.807) is 39.0 Å². The highest BCUT2D eigenvalue weighted by Crippen LogP contribution is 2.39. The number of alkyl carbamates (subject to hydrolysis) is 1. The van der Waals surface area contributed by atoms with Crippen molar-refractivity contribution in [3.8, 4) is 5.88 Å². The molecule has 2 heterocycles. The molecule has 3 N–H and O–H groups in total. The van der Waals surface area contributed by atoms with Crippen LogP contribution in [0.5, 0.6) is 5.88 Å². The fourth-order valence-electron chi connectivity index (χ4n) is 4.26. The number of amides is 1. The Morgan fingerprint density at radius 3 is 2.44 bits per heavy atom. The number of nitrogens with zero attached hydrogens (tertiary/aromatic N) is 2. The Hall–Kier alpha value is -2.94. The van der Waals surface area contributed by atoms with Crippen molar-refractivity contribution in [2.45, 2.75) is 64.2 Å². The lowest BCUT2D eigenvalue weighted by atomic mass is 9.74. The third-order valence-corrected chi connectivity index (χ3v) is 5.74. The van der Waals surface area contributed by atoms with E-state index < -0.39 is 29.7 Å². The second-order valence-corrected chi connectivity index (χ2v) is 9.19. The van der Waals surface area contributed by atoms with Crippen LogP contribution in [0.15, 0.2) is 24.4 Å². The summed E-state index contributed by atoms with van der Waals surface area (Å²) >= 11 is 0. The molecule has 1 saturated carbocycles. The van der Waals surface area contributed by atoms with Gasteiger partial charge in [-0.3, -0.25) is 9.78 Å². The first kappa shape index (κ1) is 23.7. The van der Waals surface area contributed by atoms with Crippen molar-refractivity contribution < 1.29 is 29.3 Å². The number of nitrogens with one attached hydrogen (secondary N) is 1. The fraction of sp³-hybridized carbons (Fsp3) is 0.565. The summed E-state index contributed by atoms with van der Waals surface area (Å²) in [4.78, 5) is 32.8. The van der Waals surface area contributed by atoms with E-state index in [1.165, 1.54) is 13.3 Å². The van der Waals surface area contributed by atoms with Gasteiger partial charge >= 0.3 is 12.1 Å². The Kier molecular flexibility index (Phi) is 7.18. The van der Waals surface area contributed by atoms with Gasteiger partial charge in [0.1, 0.15) is 5.60 Å². The second kappa shape index (κ2) is 9.68. The topological polar surface area (TPSA) is 131 Å². The minimum atomic E-state index is -1.25. The molecule has 9 nitrogen and oxygen atoms in total. The van der Waals surface area contributed by atoms with Gasteiger partial charge in [-0.2, -0.15) is 0 Å². The average molecular weight is 446 g/mol. The molecular formula is C23H31N3O6. The molecule has 174 valence electrons. The van der Waals surface area contributed by atoms with Gasteiger partial charge in [-0.05, 0) is 64.5 Å². The van der Waals surface area contributed by atoms with Crippen LogP contribution in [0.25, 0.3) is 11.0 Å². The third kappa shape index (κ3) is 5.64. The maximum atomic E-state index is 12.2. The highest BCUT2D eigenvalue weighted by Gasteiger charge is 2.39. The molecule has 0 saturated heterocycles. The largest absolute Gasteiger partial charge is 0.481 e. The molecular weight excluding hydrogens is 414 g/mol. The van der Waals surface area contributed by atoms with E-state index in [0.717, 1.165) is 0 Å². The van der Waals surface area contributed by atoms with E-state index >= 15 is 0 Å². The Morgan fingerprint density at radius 2 is 1.84 bits per heavy atom. The fourth-order valence-corrected chi connectivity index (χ4v) is 4.26. The summed E-state index contributed by atoms with van der Waals surface area (Å²) in [6.45, 7) is 5.40. The molecule has 1 aliphatic rings. The molecule has 1 aliphatic carbocycles. The molecule has 2 atom stereocenters. The lowest BCUT2D eigenvalue weighted by Gasteiger charge is -2.34. The number of ether oxygens (including phenoxy) is 2. The van der Waals surface area contributed by atoms with Crippen LogP contribution in [0.1, 0.15) is 58.1 Å². The number of fused-ring (bicyclic) bond motifs is 1. The van der Waals surface area contributed by atoms with Crippen LogP contribution in [0.4, 0.5) is 4.79 Å². The van der Waals surface area contributed by atoms with Gasteiger partial charge in [0.2, 0.25) is 5.88 Å². The Bertz CT molecular complexity index is 966. The van der Waals surface area contributed by atoms with Crippen molar-refractivity contribution in [2.75, 3.05) is 7.11 Å². The van der Waals surface area contributed by atoms with E-state index in [0.29, 0.717) is 48.2 Å². The molecule has 2 unspecified atom stereocenters. The first-order valence-corrected chi connectivity index (χ1v) is 10.8. The number of methoxy groups -OCH3 is 1. The summed E-state index contributed by atoms with van der Waals surface area (Å²) < 4.78 is 10.5.